The average molecular weight is 336 g/mol. The molecule has 0 aromatic carbocycles. The Morgan fingerprint density at radius 3 is 1.37 bits per heavy atom. The van der Waals surface area contributed by atoms with Gasteiger partial charge in [0.25, 0.3) is 0 Å². The first kappa shape index (κ1) is 24.1. The molecule has 0 heterocycles. The highest BCUT2D eigenvalue weighted by Gasteiger charge is 2.00. The molecule has 0 spiro atoms. The van der Waals surface area contributed by atoms with Gasteiger partial charge in [-0.15, -0.1) is 0 Å². The number of nitrogens with one attached hydrogen (secondary N) is 1. The predicted octanol–water partition coefficient (Wildman–Crippen LogP) is -6.63. The molecule has 15 heteroatoms. The van der Waals surface area contributed by atoms with Crippen molar-refractivity contribution in [3.8, 4) is 0 Å². The van der Waals surface area contributed by atoms with Gasteiger partial charge in [0, 0.05) is 0 Å². The number of aliphatic hydroxyl groups excluding tert-OH is 2. The molecule has 0 saturated carbocycles. The van der Waals surface area contributed by atoms with E-state index in [2.05, 4.69) is 15.3 Å². The molecule has 0 aliphatic rings. The van der Waals surface area contributed by atoms with Crippen LogP contribution in [-0.4, -0.2) is 56.0 Å². The van der Waals surface area contributed by atoms with E-state index in [1.165, 1.54) is 0 Å². The summed E-state index contributed by atoms with van der Waals surface area (Å²) in [6.07, 6.45) is 0. The van der Waals surface area contributed by atoms with E-state index in [1.807, 2.05) is 0 Å². The van der Waals surface area contributed by atoms with Crippen LogP contribution in [0.5, 0.6) is 0 Å². The molecule has 0 atom stereocenters. The number of phosphoric acid groups is 1. The molecule has 0 radical (unpaired) electrons. The Hall–Kier alpha value is 0.0400. The Morgan fingerprint density at radius 1 is 1.00 bits per heavy atom. The normalized spacial score (nSPS) is 11.0. The highest BCUT2D eigenvalue weighted by atomic mass is 35.7. The summed E-state index contributed by atoms with van der Waals surface area (Å²) in [7, 11) is -9.33. The van der Waals surface area contributed by atoms with Gasteiger partial charge < -0.3 is 24.9 Å². The van der Waals surface area contributed by atoms with Gasteiger partial charge in [0.15, 0.2) is 0 Å². The minimum absolute atomic E-state index is 0.0600. The minimum Gasteiger partial charge on any atom is -0.394 e. The summed E-state index contributed by atoms with van der Waals surface area (Å²) in [5, 5.41) is 16.3. The monoisotopic (exact) mass is 335 g/mol. The van der Waals surface area contributed by atoms with Crippen molar-refractivity contribution < 1.29 is 68.0 Å². The lowest BCUT2D eigenvalue weighted by molar-refractivity contribution is -1.92. The minimum atomic E-state index is -4.69. The van der Waals surface area contributed by atoms with E-state index in [-0.39, 0.29) is 26.4 Å². The Balaban J connectivity index is -0.000000219. The van der Waals surface area contributed by atoms with E-state index in [0.29, 0.717) is 0 Å². The predicted molar refractivity (Wildman–Crippen MR) is 45.7 cm³/mol. The summed E-state index contributed by atoms with van der Waals surface area (Å²) in [6.45, 7) is 0.224. The quantitative estimate of drug-likeness (QED) is 0.136. The smallest absolute Gasteiger partial charge is 0.394 e. The molecule has 0 unspecified atom stereocenters. The maximum Gasteiger partial charge on any atom is 0.466 e. The fourth-order valence-electron chi connectivity index (χ4n) is 0.216. The second-order valence-corrected chi connectivity index (χ2v) is 3.96. The molecule has 0 aromatic rings. The number of hydrogen-bond acceptors (Lipinski definition) is 10. The molecule has 0 aliphatic heterocycles. The molecule has 0 aromatic heterocycles. The summed E-state index contributed by atoms with van der Waals surface area (Å²) < 4.78 is 41.6. The van der Waals surface area contributed by atoms with Gasteiger partial charge in [-0.05, 0) is 0 Å². The lowest BCUT2D eigenvalue weighted by atomic mass is 10.8. The van der Waals surface area contributed by atoms with Gasteiger partial charge in [0.1, 0.15) is 0 Å². The van der Waals surface area contributed by atoms with Crippen LogP contribution in [0.1, 0.15) is 0 Å². The summed E-state index contributed by atoms with van der Waals surface area (Å²) in [5.74, 6) is 0. The Labute approximate surface area is 109 Å². The third-order valence-electron chi connectivity index (χ3n) is 0.505. The largest absolute Gasteiger partial charge is 0.466 e. The van der Waals surface area contributed by atoms with Crippen LogP contribution >= 0.6 is 7.82 Å². The van der Waals surface area contributed by atoms with Crippen molar-refractivity contribution in [2.45, 2.75) is 0 Å². The lowest BCUT2D eigenvalue weighted by Gasteiger charge is -2.03. The Bertz CT molecular complexity index is 196. The molecule has 19 heavy (non-hydrogen) atoms. The topological polar surface area (TPSA) is 238 Å². The molecule has 120 valence electrons. The van der Waals surface area contributed by atoms with E-state index < -0.39 is 18.1 Å². The fraction of sp³-hybridized carbons (Fsp3) is 1.00. The maximum absolute atomic E-state index is 8.88. The van der Waals surface area contributed by atoms with Crippen LogP contribution < -0.4 is 19.6 Å². The third-order valence-corrected chi connectivity index (χ3v) is 0.505. The molecule has 0 amide bonds. The highest BCUT2D eigenvalue weighted by Crippen LogP contribution is 2.25. The Kier molecular flexibility index (Phi) is 18.3. The molecule has 0 rings (SSSR count). The van der Waals surface area contributed by atoms with Crippen molar-refractivity contribution >= 4 is 7.82 Å². The fourth-order valence-corrected chi connectivity index (χ4v) is 0.216. The average Bonchev–Trinajstić information content (AvgIpc) is 2.12. The zero-order valence-electron chi connectivity index (χ0n) is 9.29. The van der Waals surface area contributed by atoms with Crippen molar-refractivity contribution in [2.24, 2.45) is 0 Å². The highest BCUT2D eigenvalue weighted by molar-refractivity contribution is 7.45. The number of rotatable bonds is 6. The van der Waals surface area contributed by atoms with Gasteiger partial charge in [-0.25, -0.2) is 4.57 Å². The van der Waals surface area contributed by atoms with E-state index >= 15 is 0 Å². The van der Waals surface area contributed by atoms with E-state index in [1.54, 1.807) is 0 Å². The van der Waals surface area contributed by atoms with Crippen LogP contribution in [0.3, 0.4) is 0 Å². The van der Waals surface area contributed by atoms with E-state index in [9.17, 15) is 0 Å². The second kappa shape index (κ2) is 14.4. The SMILES string of the molecule is O=P(O)(O)O.OCCONOCCO.[O-][Cl+3]([O-])([O-])O. The molecular formula is C4H15ClNO12P. The molecule has 0 aliphatic carbocycles. The number of halogens is 1. The van der Waals surface area contributed by atoms with Gasteiger partial charge in [0.05, 0.1) is 41.3 Å². The number of aliphatic hydroxyl groups is 2. The molecule has 7 N–H and O–H groups in total. The zero-order valence-corrected chi connectivity index (χ0v) is 10.9. The molecule has 0 saturated heterocycles. The number of hydrogen-bond donors (Lipinski definition) is 7. The molecule has 13 nitrogen and oxygen atoms in total. The van der Waals surface area contributed by atoms with Crippen LogP contribution in [0.15, 0.2) is 0 Å². The first-order valence-electron chi connectivity index (χ1n) is 4.03. The first-order valence-corrected chi connectivity index (χ1v) is 6.86. The maximum atomic E-state index is 8.88. The van der Waals surface area contributed by atoms with Crippen molar-refractivity contribution in [3.05, 3.63) is 0 Å². The van der Waals surface area contributed by atoms with Gasteiger partial charge in [-0.3, -0.25) is 9.68 Å². The standard InChI is InChI=1S/C4H11NO4.ClHO4.H3O4P/c6-1-3-8-5-9-4-2-7;2-1(3,4)5;1-5(2,3)4/h5-7H,1-4H2;(H,2,3,4,5);(H3,1,2,3,4). The van der Waals surface area contributed by atoms with E-state index in [0.717, 1.165) is 0 Å². The van der Waals surface area contributed by atoms with Gasteiger partial charge >= 0.3 is 7.82 Å². The molecule has 0 bridgehead atoms. The van der Waals surface area contributed by atoms with Crippen molar-refractivity contribution in [1.82, 2.24) is 5.64 Å². The molecule has 0 fully saturated rings. The molecular weight excluding hydrogens is 320 g/mol. The summed E-state index contributed by atoms with van der Waals surface area (Å²) in [5.41, 5.74) is 2.07. The summed E-state index contributed by atoms with van der Waals surface area (Å²) >= 11 is 0. The van der Waals surface area contributed by atoms with Crippen LogP contribution in [0.25, 0.3) is 0 Å². The van der Waals surface area contributed by atoms with Crippen LogP contribution in [0.2, 0.25) is 0 Å². The van der Waals surface area contributed by atoms with Crippen LogP contribution in [0, 0.1) is 10.2 Å². The Morgan fingerprint density at radius 2 is 1.21 bits per heavy atom. The third kappa shape index (κ3) is 127. The van der Waals surface area contributed by atoms with Crippen molar-refractivity contribution in [2.75, 3.05) is 26.4 Å². The van der Waals surface area contributed by atoms with Gasteiger partial charge in [-0.1, -0.05) is 5.64 Å². The first-order chi connectivity index (χ1) is 8.41. The second-order valence-electron chi connectivity index (χ2n) is 2.14. The van der Waals surface area contributed by atoms with Gasteiger partial charge in [0.2, 0.25) is 0 Å². The van der Waals surface area contributed by atoms with Gasteiger partial charge in [-0.2, -0.15) is 14.0 Å². The van der Waals surface area contributed by atoms with Crippen LogP contribution in [0.4, 0.5) is 0 Å². The van der Waals surface area contributed by atoms with Crippen LogP contribution in [-0.2, 0) is 14.2 Å². The lowest BCUT2D eigenvalue weighted by Crippen LogP contribution is -2.58. The summed E-state index contributed by atoms with van der Waals surface area (Å²) in [6, 6.07) is 0. The van der Waals surface area contributed by atoms with E-state index in [4.69, 9.17) is 48.1 Å². The van der Waals surface area contributed by atoms with Crippen molar-refractivity contribution in [3.63, 3.8) is 0 Å². The zero-order chi connectivity index (χ0) is 15.9. The van der Waals surface area contributed by atoms with Crippen molar-refractivity contribution in [1.29, 1.82) is 0 Å². The summed E-state index contributed by atoms with van der Waals surface area (Å²) in [4.78, 5) is 30.5.